The van der Waals surface area contributed by atoms with E-state index in [0.717, 1.165) is 20.2 Å². The van der Waals surface area contributed by atoms with Crippen molar-refractivity contribution in [3.8, 4) is 0 Å². The molecule has 0 aromatic rings. The van der Waals surface area contributed by atoms with Crippen LogP contribution in [0.15, 0.2) is 0 Å². The van der Waals surface area contributed by atoms with Crippen LogP contribution in [0.4, 0.5) is 0 Å². The topological polar surface area (TPSA) is 26.3 Å². The van der Waals surface area contributed by atoms with Crippen LogP contribution in [-0.4, -0.2) is 12.6 Å². The molecule has 1 saturated carbocycles. The molecule has 1 aliphatic heterocycles. The van der Waals surface area contributed by atoms with Crippen LogP contribution in [0.5, 0.6) is 0 Å². The summed E-state index contributed by atoms with van der Waals surface area (Å²) in [7, 11) is 0.972. The molecule has 0 spiro atoms. The van der Waals surface area contributed by atoms with Gasteiger partial charge in [-0.1, -0.05) is 22.4 Å². The van der Waals surface area contributed by atoms with Crippen LogP contribution >= 0.6 is 8.58 Å². The SMILES string of the molecule is CCOC(=O)[C]1[P][CH][C](C)[C]1C.[CH]1[CH][CH][CH][CH]1.[Fe]. The molecule has 0 amide bonds. The van der Waals surface area contributed by atoms with Crippen molar-refractivity contribution in [3.63, 3.8) is 0 Å². The van der Waals surface area contributed by atoms with Crippen molar-refractivity contribution < 1.29 is 26.6 Å². The largest absolute Gasteiger partial charge is 0.465 e. The summed E-state index contributed by atoms with van der Waals surface area (Å²) in [6.07, 6.45) is 12.0. The van der Waals surface area contributed by atoms with Crippen LogP contribution < -0.4 is 0 Å². The Labute approximate surface area is 124 Å². The summed E-state index contributed by atoms with van der Waals surface area (Å²) in [5.74, 6) is 2.07. The van der Waals surface area contributed by atoms with Crippen molar-refractivity contribution in [1.29, 1.82) is 0 Å². The summed E-state index contributed by atoms with van der Waals surface area (Å²) in [5.41, 5.74) is 0.786. The zero-order chi connectivity index (χ0) is 12.7. The van der Waals surface area contributed by atoms with Crippen molar-refractivity contribution in [2.45, 2.75) is 20.8 Å². The fourth-order valence-electron chi connectivity index (χ4n) is 1.27. The second-order valence-electron chi connectivity index (χ2n) is 3.60. The Morgan fingerprint density at radius 1 is 1.17 bits per heavy atom. The molecule has 2 fully saturated rings. The molecule has 1 heterocycles. The zero-order valence-electron chi connectivity index (χ0n) is 10.8. The Balaban J connectivity index is 0.000000405. The van der Waals surface area contributed by atoms with Crippen LogP contribution in [0.1, 0.15) is 20.8 Å². The minimum atomic E-state index is -0.176. The Morgan fingerprint density at radius 2 is 1.67 bits per heavy atom. The first-order valence-electron chi connectivity index (χ1n) is 5.59. The van der Waals surface area contributed by atoms with Gasteiger partial charge in [0.15, 0.2) is 0 Å². The summed E-state index contributed by atoms with van der Waals surface area (Å²) in [5, 5.41) is 0. The number of rotatable bonds is 2. The van der Waals surface area contributed by atoms with Gasteiger partial charge in [-0.3, -0.25) is 4.79 Å². The molecular weight excluding hydrogens is 287 g/mol. The van der Waals surface area contributed by atoms with E-state index in [2.05, 4.69) is 0 Å². The smallest absolute Gasteiger partial charge is 0.318 e. The molecule has 0 atom stereocenters. The summed E-state index contributed by atoms with van der Waals surface area (Å²) < 4.78 is 4.91. The van der Waals surface area contributed by atoms with Gasteiger partial charge in [0, 0.05) is 23.0 Å². The van der Waals surface area contributed by atoms with Crippen molar-refractivity contribution in [2.75, 3.05) is 6.61 Å². The minimum absolute atomic E-state index is 0. The van der Waals surface area contributed by atoms with Crippen LogP contribution in [0.2, 0.25) is 0 Å². The average Bonchev–Trinajstić information content (AvgIpc) is 2.95. The molecular formula is C14H17FeO2P. The van der Waals surface area contributed by atoms with Gasteiger partial charge in [-0.25, -0.2) is 0 Å². The van der Waals surface area contributed by atoms with Gasteiger partial charge in [0.2, 0.25) is 0 Å². The van der Waals surface area contributed by atoms with Gasteiger partial charge in [-0.05, 0) is 51.1 Å². The van der Waals surface area contributed by atoms with Crippen molar-refractivity contribution in [1.82, 2.24) is 0 Å². The van der Waals surface area contributed by atoms with Crippen LogP contribution in [0, 0.1) is 55.8 Å². The zero-order valence-corrected chi connectivity index (χ0v) is 12.8. The molecule has 10 radical (unpaired) electrons. The molecule has 18 heavy (non-hydrogen) atoms. The maximum atomic E-state index is 11.3. The standard InChI is InChI=1S/C9H12O2P.C5H5.Fe/c1-4-11-9(10)8-7(3)6(2)5-12-8;1-2-4-5-3-1;/h5H,4H2,1-3H3;1-5H;. The molecule has 0 aromatic carbocycles. The van der Waals surface area contributed by atoms with Crippen molar-refractivity contribution >= 4 is 14.6 Å². The molecule has 2 aliphatic rings. The first-order valence-corrected chi connectivity index (χ1v) is 6.55. The van der Waals surface area contributed by atoms with E-state index in [9.17, 15) is 4.79 Å². The van der Waals surface area contributed by atoms with E-state index < -0.39 is 0 Å². The Morgan fingerprint density at radius 3 is 2.00 bits per heavy atom. The third-order valence-corrected chi connectivity index (χ3v) is 3.65. The molecule has 0 unspecified atom stereocenters. The van der Waals surface area contributed by atoms with Gasteiger partial charge < -0.3 is 4.74 Å². The van der Waals surface area contributed by atoms with Crippen LogP contribution in [0.25, 0.3) is 0 Å². The number of esters is 1. The van der Waals surface area contributed by atoms with E-state index in [-0.39, 0.29) is 23.0 Å². The summed E-state index contributed by atoms with van der Waals surface area (Å²) in [6.45, 7) is 6.23. The Hall–Kier alpha value is 0.419. The maximum Gasteiger partial charge on any atom is 0.318 e. The predicted molar refractivity (Wildman–Crippen MR) is 70.4 cm³/mol. The summed E-state index contributed by atoms with van der Waals surface area (Å²) in [4.78, 5) is 11.3. The molecule has 1 saturated heterocycles. The first-order chi connectivity index (χ1) is 8.16. The Kier molecular flexibility index (Phi) is 10.5. The van der Waals surface area contributed by atoms with E-state index in [1.54, 1.807) is 0 Å². The second-order valence-corrected chi connectivity index (χ2v) is 4.56. The van der Waals surface area contributed by atoms with Crippen molar-refractivity contribution in [2.24, 2.45) is 0 Å². The predicted octanol–water partition coefficient (Wildman–Crippen LogP) is 3.41. The van der Waals surface area contributed by atoms with E-state index >= 15 is 0 Å². The molecule has 4 heteroatoms. The molecule has 2 rings (SSSR count). The number of carbonyl (C=O) groups is 1. The molecule has 0 N–H and O–H groups in total. The van der Waals surface area contributed by atoms with Crippen LogP contribution in [0.3, 0.4) is 0 Å². The fourth-order valence-corrected chi connectivity index (χ4v) is 2.32. The normalized spacial score (nSPS) is 22.4. The number of hydrogen-bond donors (Lipinski definition) is 0. The number of hydrogen-bond acceptors (Lipinski definition) is 2. The molecule has 0 aromatic heterocycles. The van der Waals surface area contributed by atoms with Gasteiger partial charge in [0.1, 0.15) is 5.66 Å². The van der Waals surface area contributed by atoms with Gasteiger partial charge in [-0.2, -0.15) is 0 Å². The minimum Gasteiger partial charge on any atom is -0.465 e. The van der Waals surface area contributed by atoms with E-state index in [0.29, 0.717) is 6.61 Å². The molecule has 1 aliphatic carbocycles. The van der Waals surface area contributed by atoms with Gasteiger partial charge in [0.05, 0.1) is 6.61 Å². The van der Waals surface area contributed by atoms with E-state index in [1.807, 2.05) is 59.0 Å². The van der Waals surface area contributed by atoms with E-state index in [4.69, 9.17) is 4.74 Å². The monoisotopic (exact) mass is 304 g/mol. The fraction of sp³-hybridized carbons (Fsp3) is 0.286. The molecule has 2 nitrogen and oxygen atoms in total. The maximum absolute atomic E-state index is 11.3. The molecule has 0 bridgehead atoms. The third kappa shape index (κ3) is 6.04. The molecule has 98 valence electrons. The van der Waals surface area contributed by atoms with Gasteiger partial charge in [-0.15, -0.1) is 0 Å². The van der Waals surface area contributed by atoms with E-state index in [1.165, 1.54) is 5.92 Å². The van der Waals surface area contributed by atoms with Crippen LogP contribution in [-0.2, 0) is 26.6 Å². The first kappa shape index (κ1) is 18.4. The van der Waals surface area contributed by atoms with Gasteiger partial charge >= 0.3 is 5.97 Å². The van der Waals surface area contributed by atoms with Gasteiger partial charge in [0.25, 0.3) is 0 Å². The summed E-state index contributed by atoms with van der Waals surface area (Å²) in [6, 6.07) is 0. The second kappa shape index (κ2) is 10.2. The third-order valence-electron chi connectivity index (χ3n) is 2.36. The Bertz CT molecular complexity index is 224. The quantitative estimate of drug-likeness (QED) is 0.444. The van der Waals surface area contributed by atoms with Crippen molar-refractivity contribution in [3.05, 3.63) is 55.8 Å². The number of carbonyl (C=O) groups excluding carboxylic acids is 1. The average molecular weight is 304 g/mol. The summed E-state index contributed by atoms with van der Waals surface area (Å²) >= 11 is 0. The number of ether oxygens (including phenoxy) is 1.